The summed E-state index contributed by atoms with van der Waals surface area (Å²) in [6.45, 7) is 0. The zero-order chi connectivity index (χ0) is 14.5. The van der Waals surface area contributed by atoms with Crippen molar-refractivity contribution in [2.75, 3.05) is 5.88 Å². The summed E-state index contributed by atoms with van der Waals surface area (Å²) in [5.74, 6) is 0.654. The van der Waals surface area contributed by atoms with Crippen LogP contribution >= 0.6 is 27.5 Å². The monoisotopic (exact) mass is 366 g/mol. The Labute approximate surface area is 127 Å². The summed E-state index contributed by atoms with van der Waals surface area (Å²) in [4.78, 5) is 4.33. The third-order valence-electron chi connectivity index (χ3n) is 3.68. The summed E-state index contributed by atoms with van der Waals surface area (Å²) in [6.07, 6.45) is -3.74. The first-order valence-electron chi connectivity index (χ1n) is 6.19. The van der Waals surface area contributed by atoms with Crippen LogP contribution in [0.25, 0.3) is 11.0 Å². The molecule has 0 unspecified atom stereocenters. The number of aromatic nitrogens is 2. The summed E-state index contributed by atoms with van der Waals surface area (Å²) < 4.78 is 42.3. The van der Waals surface area contributed by atoms with Crippen molar-refractivity contribution in [3.8, 4) is 0 Å². The normalized spacial score (nSPS) is 17.6. The molecule has 0 atom stereocenters. The van der Waals surface area contributed by atoms with E-state index in [1.54, 1.807) is 18.2 Å². The highest BCUT2D eigenvalue weighted by atomic mass is 79.9. The molecule has 0 radical (unpaired) electrons. The van der Waals surface area contributed by atoms with Gasteiger partial charge in [0.25, 0.3) is 0 Å². The predicted molar refractivity (Wildman–Crippen MR) is 75.1 cm³/mol. The van der Waals surface area contributed by atoms with Gasteiger partial charge in [0.15, 0.2) is 0 Å². The van der Waals surface area contributed by atoms with Crippen LogP contribution in [0, 0.1) is 0 Å². The molecule has 108 valence electrons. The molecule has 2 aromatic rings. The van der Waals surface area contributed by atoms with Gasteiger partial charge < -0.3 is 4.57 Å². The van der Waals surface area contributed by atoms with E-state index in [-0.39, 0.29) is 18.7 Å². The maximum atomic E-state index is 13.4. The molecule has 0 spiro atoms. The van der Waals surface area contributed by atoms with Crippen molar-refractivity contribution in [2.24, 2.45) is 0 Å². The number of nitrogens with zero attached hydrogens (tertiary/aromatic N) is 2. The maximum absolute atomic E-state index is 13.4. The van der Waals surface area contributed by atoms with Gasteiger partial charge in [-0.2, -0.15) is 13.2 Å². The summed E-state index contributed by atoms with van der Waals surface area (Å²) in [6, 6.07) is 5.14. The first-order valence-corrected chi connectivity index (χ1v) is 7.52. The molecule has 1 saturated carbocycles. The van der Waals surface area contributed by atoms with Gasteiger partial charge in [-0.25, -0.2) is 4.98 Å². The van der Waals surface area contributed by atoms with E-state index >= 15 is 0 Å². The number of hydrogen-bond donors (Lipinski definition) is 0. The minimum absolute atomic E-state index is 0.104. The molecule has 1 fully saturated rings. The van der Waals surface area contributed by atoms with E-state index in [0.717, 1.165) is 4.47 Å². The van der Waals surface area contributed by atoms with Crippen molar-refractivity contribution in [3.63, 3.8) is 0 Å². The van der Waals surface area contributed by atoms with Gasteiger partial charge in [-0.05, 0) is 31.0 Å². The topological polar surface area (TPSA) is 17.8 Å². The number of rotatable bonds is 3. The van der Waals surface area contributed by atoms with Crippen molar-refractivity contribution in [2.45, 2.75) is 31.0 Å². The average Bonchev–Trinajstić information content (AvgIpc) is 3.07. The first-order chi connectivity index (χ1) is 9.39. The molecule has 1 heterocycles. The second kappa shape index (κ2) is 4.63. The van der Waals surface area contributed by atoms with Gasteiger partial charge in [0.05, 0.1) is 11.0 Å². The SMILES string of the molecule is FC(F)(F)C1(n2c(CCCl)nc3cc(Br)ccc32)CC1. The fourth-order valence-corrected chi connectivity index (χ4v) is 3.10. The lowest BCUT2D eigenvalue weighted by Gasteiger charge is -2.23. The molecular weight excluding hydrogens is 357 g/mol. The van der Waals surface area contributed by atoms with E-state index in [0.29, 0.717) is 23.3 Å². The predicted octanol–water partition coefficient (Wildman–Crippen LogP) is 4.63. The Morgan fingerprint density at radius 1 is 1.35 bits per heavy atom. The Balaban J connectivity index is 2.25. The molecular formula is C13H11BrClF3N2. The number of alkyl halides is 4. The Bertz CT molecular complexity index is 661. The van der Waals surface area contributed by atoms with E-state index in [4.69, 9.17) is 11.6 Å². The van der Waals surface area contributed by atoms with Gasteiger partial charge in [-0.1, -0.05) is 15.9 Å². The van der Waals surface area contributed by atoms with E-state index in [1.807, 2.05) is 0 Å². The van der Waals surface area contributed by atoms with Crippen molar-refractivity contribution in [3.05, 3.63) is 28.5 Å². The fraction of sp³-hybridized carbons (Fsp3) is 0.462. The highest BCUT2D eigenvalue weighted by Gasteiger charge is 2.65. The maximum Gasteiger partial charge on any atom is 0.412 e. The zero-order valence-electron chi connectivity index (χ0n) is 10.3. The number of aryl methyl sites for hydroxylation is 1. The fourth-order valence-electron chi connectivity index (χ4n) is 2.59. The second-order valence-corrected chi connectivity index (χ2v) is 6.26. The quantitative estimate of drug-likeness (QED) is 0.723. The largest absolute Gasteiger partial charge is 0.412 e. The zero-order valence-corrected chi connectivity index (χ0v) is 12.7. The molecule has 3 rings (SSSR count). The lowest BCUT2D eigenvalue weighted by Crippen LogP contribution is -2.36. The standard InChI is InChI=1S/C13H11BrClF3N2/c14-8-1-2-10-9(7-8)19-11(3-6-15)20(10)12(4-5-12)13(16,17)18/h1-2,7H,3-6H2. The molecule has 0 aliphatic heterocycles. The first kappa shape index (κ1) is 14.2. The van der Waals surface area contributed by atoms with Gasteiger partial charge in [0.2, 0.25) is 0 Å². The highest BCUT2D eigenvalue weighted by Crippen LogP contribution is 2.57. The molecule has 2 nitrogen and oxygen atoms in total. The molecule has 1 aliphatic rings. The molecule has 0 N–H and O–H groups in total. The van der Waals surface area contributed by atoms with Crippen molar-refractivity contribution in [1.82, 2.24) is 9.55 Å². The Hall–Kier alpha value is -0.750. The Morgan fingerprint density at radius 3 is 2.60 bits per heavy atom. The number of halogens is 5. The second-order valence-electron chi connectivity index (χ2n) is 4.96. The van der Waals surface area contributed by atoms with Crippen LogP contribution in [0.4, 0.5) is 13.2 Å². The van der Waals surface area contributed by atoms with E-state index in [2.05, 4.69) is 20.9 Å². The lowest BCUT2D eigenvalue weighted by atomic mass is 10.2. The van der Waals surface area contributed by atoms with Gasteiger partial charge in [-0.15, -0.1) is 11.6 Å². The smallest absolute Gasteiger partial charge is 0.312 e. The van der Waals surface area contributed by atoms with E-state index in [1.165, 1.54) is 4.57 Å². The molecule has 0 amide bonds. The van der Waals surface area contributed by atoms with Crippen molar-refractivity contribution >= 4 is 38.6 Å². The van der Waals surface area contributed by atoms with Crippen molar-refractivity contribution < 1.29 is 13.2 Å². The van der Waals surface area contributed by atoms with E-state index in [9.17, 15) is 13.2 Å². The summed E-state index contributed by atoms with van der Waals surface area (Å²) in [7, 11) is 0. The minimum atomic E-state index is -4.27. The molecule has 1 aromatic carbocycles. The molecule has 1 aromatic heterocycles. The summed E-state index contributed by atoms with van der Waals surface area (Å²) in [5, 5.41) is 0. The number of fused-ring (bicyclic) bond motifs is 1. The third kappa shape index (κ3) is 2.04. The molecule has 7 heteroatoms. The minimum Gasteiger partial charge on any atom is -0.312 e. The molecule has 1 aliphatic carbocycles. The molecule has 0 saturated heterocycles. The van der Waals surface area contributed by atoms with Gasteiger partial charge >= 0.3 is 6.18 Å². The Kier molecular flexibility index (Phi) is 3.29. The van der Waals surface area contributed by atoms with Crippen LogP contribution < -0.4 is 0 Å². The van der Waals surface area contributed by atoms with Crippen LogP contribution in [0.15, 0.2) is 22.7 Å². The number of hydrogen-bond acceptors (Lipinski definition) is 1. The van der Waals surface area contributed by atoms with Crippen LogP contribution in [0.1, 0.15) is 18.7 Å². The van der Waals surface area contributed by atoms with Crippen molar-refractivity contribution in [1.29, 1.82) is 0 Å². The van der Waals surface area contributed by atoms with Gasteiger partial charge in [0.1, 0.15) is 11.4 Å². The van der Waals surface area contributed by atoms with Crippen LogP contribution in [0.5, 0.6) is 0 Å². The van der Waals surface area contributed by atoms with Crippen LogP contribution in [-0.4, -0.2) is 21.6 Å². The van der Waals surface area contributed by atoms with Crippen LogP contribution in [0.2, 0.25) is 0 Å². The van der Waals surface area contributed by atoms with Crippen LogP contribution in [-0.2, 0) is 12.0 Å². The summed E-state index contributed by atoms with van der Waals surface area (Å²) in [5.41, 5.74) is -0.713. The van der Waals surface area contributed by atoms with Crippen LogP contribution in [0.3, 0.4) is 0 Å². The number of benzene rings is 1. The average molecular weight is 368 g/mol. The molecule has 20 heavy (non-hydrogen) atoms. The van der Waals surface area contributed by atoms with Gasteiger partial charge in [-0.3, -0.25) is 0 Å². The summed E-state index contributed by atoms with van der Waals surface area (Å²) >= 11 is 9.02. The highest BCUT2D eigenvalue weighted by molar-refractivity contribution is 9.10. The number of imidazole rings is 1. The Morgan fingerprint density at radius 2 is 2.05 bits per heavy atom. The van der Waals surface area contributed by atoms with E-state index < -0.39 is 11.7 Å². The lowest BCUT2D eigenvalue weighted by molar-refractivity contribution is -0.179. The van der Waals surface area contributed by atoms with Gasteiger partial charge in [0, 0.05) is 16.8 Å². The third-order valence-corrected chi connectivity index (χ3v) is 4.37. The molecule has 0 bridgehead atoms.